The van der Waals surface area contributed by atoms with E-state index in [9.17, 15) is 4.79 Å². The number of hydrogen-bond donors (Lipinski definition) is 0. The van der Waals surface area contributed by atoms with E-state index in [0.29, 0.717) is 0 Å². The van der Waals surface area contributed by atoms with Gasteiger partial charge in [0.2, 0.25) is 0 Å². The molecule has 1 amide bonds. The zero-order valence-electron chi connectivity index (χ0n) is 13.8. The van der Waals surface area contributed by atoms with Gasteiger partial charge in [-0.3, -0.25) is 14.7 Å². The van der Waals surface area contributed by atoms with Crippen LogP contribution in [0.3, 0.4) is 0 Å². The molecule has 1 aromatic carbocycles. The van der Waals surface area contributed by atoms with Crippen LogP contribution < -0.4 is 0 Å². The summed E-state index contributed by atoms with van der Waals surface area (Å²) < 4.78 is 0. The van der Waals surface area contributed by atoms with Crippen molar-refractivity contribution in [3.05, 3.63) is 65.0 Å². The van der Waals surface area contributed by atoms with Gasteiger partial charge in [-0.2, -0.15) is 0 Å². The average molecular weight is 309 g/mol. The maximum absolute atomic E-state index is 12.7. The van der Waals surface area contributed by atoms with E-state index in [1.807, 2.05) is 48.4 Å². The van der Waals surface area contributed by atoms with Gasteiger partial charge in [0, 0.05) is 44.5 Å². The predicted molar refractivity (Wildman–Crippen MR) is 91.3 cm³/mol. The number of nitrogens with zero attached hydrogens (tertiary/aromatic N) is 3. The Kier molecular flexibility index (Phi) is 4.72. The molecule has 0 bridgehead atoms. The van der Waals surface area contributed by atoms with E-state index >= 15 is 0 Å². The molecular formula is C19H23N3O. The Hall–Kier alpha value is -2.20. The molecule has 4 heteroatoms. The standard InChI is InChI=1S/C19H23N3O/c1-15-6-7-18(16(2)13-15)19(23)22-11-9-21(10-12-22)14-17-5-3-4-8-20-17/h3-8,13H,9-12,14H2,1-2H3. The van der Waals surface area contributed by atoms with Crippen LogP contribution in [0.1, 0.15) is 27.2 Å². The third kappa shape index (κ3) is 3.77. The maximum Gasteiger partial charge on any atom is 0.254 e. The van der Waals surface area contributed by atoms with E-state index in [-0.39, 0.29) is 5.91 Å². The highest BCUT2D eigenvalue weighted by atomic mass is 16.2. The molecule has 0 spiro atoms. The van der Waals surface area contributed by atoms with Crippen molar-refractivity contribution < 1.29 is 4.79 Å². The first kappa shape index (κ1) is 15.7. The van der Waals surface area contributed by atoms with E-state index in [2.05, 4.69) is 22.9 Å². The number of piperazine rings is 1. The summed E-state index contributed by atoms with van der Waals surface area (Å²) in [5, 5.41) is 0. The van der Waals surface area contributed by atoms with Crippen molar-refractivity contribution in [3.63, 3.8) is 0 Å². The summed E-state index contributed by atoms with van der Waals surface area (Å²) in [5.74, 6) is 0.153. The molecule has 0 unspecified atom stereocenters. The monoisotopic (exact) mass is 309 g/mol. The minimum absolute atomic E-state index is 0.153. The average Bonchev–Trinajstić information content (AvgIpc) is 2.56. The lowest BCUT2D eigenvalue weighted by Gasteiger charge is -2.34. The van der Waals surface area contributed by atoms with Crippen molar-refractivity contribution in [3.8, 4) is 0 Å². The highest BCUT2D eigenvalue weighted by molar-refractivity contribution is 5.95. The molecule has 120 valence electrons. The summed E-state index contributed by atoms with van der Waals surface area (Å²) in [6.45, 7) is 8.26. The Morgan fingerprint density at radius 3 is 2.52 bits per heavy atom. The molecule has 3 rings (SSSR count). The molecule has 0 aliphatic carbocycles. The number of aromatic nitrogens is 1. The van der Waals surface area contributed by atoms with E-state index in [0.717, 1.165) is 49.5 Å². The van der Waals surface area contributed by atoms with Gasteiger partial charge in [-0.25, -0.2) is 0 Å². The number of carbonyl (C=O) groups excluding carboxylic acids is 1. The van der Waals surface area contributed by atoms with Crippen LogP contribution in [0.15, 0.2) is 42.6 Å². The Labute approximate surface area is 137 Å². The number of carbonyl (C=O) groups is 1. The zero-order valence-corrected chi connectivity index (χ0v) is 13.8. The molecule has 2 aromatic rings. The van der Waals surface area contributed by atoms with Crippen molar-refractivity contribution in [1.29, 1.82) is 0 Å². The van der Waals surface area contributed by atoms with Crippen LogP contribution in [0.25, 0.3) is 0 Å². The number of benzene rings is 1. The second-order valence-corrected chi connectivity index (χ2v) is 6.21. The Morgan fingerprint density at radius 2 is 1.87 bits per heavy atom. The number of aryl methyl sites for hydroxylation is 2. The van der Waals surface area contributed by atoms with Crippen LogP contribution in [0.2, 0.25) is 0 Å². The first-order chi connectivity index (χ1) is 11.1. The highest BCUT2D eigenvalue weighted by Gasteiger charge is 2.23. The Bertz CT molecular complexity index is 676. The van der Waals surface area contributed by atoms with Gasteiger partial charge < -0.3 is 4.90 Å². The Morgan fingerprint density at radius 1 is 1.09 bits per heavy atom. The molecule has 1 saturated heterocycles. The quantitative estimate of drug-likeness (QED) is 0.874. The molecule has 0 radical (unpaired) electrons. The topological polar surface area (TPSA) is 36.4 Å². The van der Waals surface area contributed by atoms with Crippen LogP contribution in [-0.4, -0.2) is 46.9 Å². The van der Waals surface area contributed by atoms with Gasteiger partial charge in [-0.1, -0.05) is 23.8 Å². The van der Waals surface area contributed by atoms with Crippen molar-refractivity contribution >= 4 is 5.91 Å². The normalized spacial score (nSPS) is 15.7. The van der Waals surface area contributed by atoms with E-state index < -0.39 is 0 Å². The zero-order chi connectivity index (χ0) is 16.2. The molecule has 0 atom stereocenters. The minimum atomic E-state index is 0.153. The molecule has 23 heavy (non-hydrogen) atoms. The summed E-state index contributed by atoms with van der Waals surface area (Å²) in [5.41, 5.74) is 4.17. The molecular weight excluding hydrogens is 286 g/mol. The lowest BCUT2D eigenvalue weighted by molar-refractivity contribution is 0.0626. The smallest absolute Gasteiger partial charge is 0.254 e. The first-order valence-electron chi connectivity index (χ1n) is 8.12. The molecule has 2 heterocycles. The van der Waals surface area contributed by atoms with Crippen LogP contribution in [-0.2, 0) is 6.54 Å². The van der Waals surface area contributed by atoms with Gasteiger partial charge in [0.05, 0.1) is 5.69 Å². The van der Waals surface area contributed by atoms with Crippen LogP contribution in [0.4, 0.5) is 0 Å². The van der Waals surface area contributed by atoms with Crippen molar-refractivity contribution in [2.24, 2.45) is 0 Å². The summed E-state index contributed by atoms with van der Waals surface area (Å²) in [7, 11) is 0. The van der Waals surface area contributed by atoms with Crippen LogP contribution >= 0.6 is 0 Å². The van der Waals surface area contributed by atoms with Gasteiger partial charge in [0.25, 0.3) is 5.91 Å². The number of rotatable bonds is 3. The van der Waals surface area contributed by atoms with Gasteiger partial charge in [0.1, 0.15) is 0 Å². The van der Waals surface area contributed by atoms with Gasteiger partial charge >= 0.3 is 0 Å². The summed E-state index contributed by atoms with van der Waals surface area (Å²) in [6.07, 6.45) is 1.83. The van der Waals surface area contributed by atoms with Crippen molar-refractivity contribution in [2.75, 3.05) is 26.2 Å². The Balaban J connectivity index is 1.59. The van der Waals surface area contributed by atoms with Gasteiger partial charge in [-0.05, 0) is 37.6 Å². The molecule has 4 nitrogen and oxygen atoms in total. The van der Waals surface area contributed by atoms with Crippen LogP contribution in [0.5, 0.6) is 0 Å². The molecule has 1 fully saturated rings. The number of pyridine rings is 1. The lowest BCUT2D eigenvalue weighted by atomic mass is 10.0. The summed E-state index contributed by atoms with van der Waals surface area (Å²) >= 11 is 0. The second-order valence-electron chi connectivity index (χ2n) is 6.21. The fourth-order valence-electron chi connectivity index (χ4n) is 3.05. The summed E-state index contributed by atoms with van der Waals surface area (Å²) in [4.78, 5) is 21.4. The highest BCUT2D eigenvalue weighted by Crippen LogP contribution is 2.15. The van der Waals surface area contributed by atoms with E-state index in [4.69, 9.17) is 0 Å². The number of amides is 1. The molecule has 0 N–H and O–H groups in total. The first-order valence-corrected chi connectivity index (χ1v) is 8.12. The molecule has 0 saturated carbocycles. The maximum atomic E-state index is 12.7. The molecule has 1 aliphatic heterocycles. The lowest BCUT2D eigenvalue weighted by Crippen LogP contribution is -2.48. The van der Waals surface area contributed by atoms with E-state index in [1.54, 1.807) is 0 Å². The predicted octanol–water partition coefficient (Wildman–Crippen LogP) is 2.66. The molecule has 1 aliphatic rings. The SMILES string of the molecule is Cc1ccc(C(=O)N2CCN(Cc3ccccn3)CC2)c(C)c1. The van der Waals surface area contributed by atoms with Crippen LogP contribution in [0, 0.1) is 13.8 Å². The third-order valence-electron chi connectivity index (χ3n) is 4.38. The van der Waals surface area contributed by atoms with Crippen molar-refractivity contribution in [2.45, 2.75) is 20.4 Å². The van der Waals surface area contributed by atoms with Crippen molar-refractivity contribution in [1.82, 2.24) is 14.8 Å². The largest absolute Gasteiger partial charge is 0.336 e. The third-order valence-corrected chi connectivity index (χ3v) is 4.38. The second kappa shape index (κ2) is 6.92. The fourth-order valence-corrected chi connectivity index (χ4v) is 3.05. The fraction of sp³-hybridized carbons (Fsp3) is 0.368. The van der Waals surface area contributed by atoms with E-state index in [1.165, 1.54) is 5.56 Å². The number of hydrogen-bond acceptors (Lipinski definition) is 3. The van der Waals surface area contributed by atoms with Gasteiger partial charge in [-0.15, -0.1) is 0 Å². The molecule has 1 aromatic heterocycles. The summed E-state index contributed by atoms with van der Waals surface area (Å²) in [6, 6.07) is 12.0. The minimum Gasteiger partial charge on any atom is -0.336 e. The van der Waals surface area contributed by atoms with Gasteiger partial charge in [0.15, 0.2) is 0 Å².